The van der Waals surface area contributed by atoms with E-state index in [2.05, 4.69) is 29.1 Å². The smallest absolute Gasteiger partial charge is 0.134 e. The van der Waals surface area contributed by atoms with Gasteiger partial charge in [-0.05, 0) is 37.4 Å². The summed E-state index contributed by atoms with van der Waals surface area (Å²) in [5.74, 6) is 0.861. The lowest BCUT2D eigenvalue weighted by molar-refractivity contribution is 0.260. The van der Waals surface area contributed by atoms with E-state index in [1.807, 2.05) is 37.6 Å². The number of nitrogens with zero attached hydrogens (tertiary/aromatic N) is 3. The lowest BCUT2D eigenvalue weighted by Crippen LogP contribution is -2.32. The molecule has 0 spiro atoms. The number of hydrogen-bond donors (Lipinski definition) is 1. The molecule has 21 heavy (non-hydrogen) atoms. The van der Waals surface area contributed by atoms with Crippen LogP contribution in [0.2, 0.25) is 0 Å². The predicted molar refractivity (Wildman–Crippen MR) is 83.0 cm³/mol. The molecule has 0 fully saturated rings. The minimum atomic E-state index is 0.275. The van der Waals surface area contributed by atoms with Crippen LogP contribution < -0.4 is 5.32 Å². The molecule has 0 aromatic carbocycles. The van der Waals surface area contributed by atoms with E-state index in [4.69, 9.17) is 4.98 Å². The summed E-state index contributed by atoms with van der Waals surface area (Å²) in [6.45, 7) is 4.61. The second kappa shape index (κ2) is 5.53. The fourth-order valence-electron chi connectivity index (χ4n) is 3.10. The Morgan fingerprint density at radius 1 is 1.29 bits per heavy atom. The van der Waals surface area contributed by atoms with Gasteiger partial charge in [-0.2, -0.15) is 0 Å². The number of rotatable bonds is 3. The van der Waals surface area contributed by atoms with Gasteiger partial charge in [0.1, 0.15) is 5.82 Å². The minimum absolute atomic E-state index is 0.275. The third-order valence-corrected chi connectivity index (χ3v) is 4.14. The summed E-state index contributed by atoms with van der Waals surface area (Å²) in [5, 5.41) is 3.39. The lowest BCUT2D eigenvalue weighted by atomic mass is 9.74. The third-order valence-electron chi connectivity index (χ3n) is 4.14. The summed E-state index contributed by atoms with van der Waals surface area (Å²) in [6.07, 6.45) is 6.64. The molecule has 0 amide bonds. The number of fused-ring (bicyclic) bond motifs is 1. The van der Waals surface area contributed by atoms with Gasteiger partial charge in [0.25, 0.3) is 0 Å². The predicted octanol–water partition coefficient (Wildman–Crippen LogP) is 2.70. The quantitative estimate of drug-likeness (QED) is 0.940. The van der Waals surface area contributed by atoms with E-state index in [-0.39, 0.29) is 5.41 Å². The average Bonchev–Trinajstić information content (AvgIpc) is 2.46. The molecular weight excluding hydrogens is 260 g/mol. The van der Waals surface area contributed by atoms with Crippen LogP contribution in [0.4, 0.5) is 0 Å². The zero-order valence-corrected chi connectivity index (χ0v) is 12.9. The van der Waals surface area contributed by atoms with Gasteiger partial charge in [-0.25, -0.2) is 9.97 Å². The lowest BCUT2D eigenvalue weighted by Gasteiger charge is -2.36. The van der Waals surface area contributed by atoms with Gasteiger partial charge in [-0.15, -0.1) is 0 Å². The molecule has 0 aliphatic heterocycles. The molecule has 4 heteroatoms. The van der Waals surface area contributed by atoms with Crippen molar-refractivity contribution in [3.05, 3.63) is 53.4 Å². The van der Waals surface area contributed by atoms with Crippen LogP contribution in [0, 0.1) is 5.41 Å². The fourth-order valence-corrected chi connectivity index (χ4v) is 3.10. The molecule has 1 unspecified atom stereocenters. The van der Waals surface area contributed by atoms with Crippen molar-refractivity contribution in [2.75, 3.05) is 7.05 Å². The van der Waals surface area contributed by atoms with Gasteiger partial charge < -0.3 is 5.32 Å². The van der Waals surface area contributed by atoms with Crippen LogP contribution in [0.3, 0.4) is 0 Å². The highest BCUT2D eigenvalue weighted by molar-refractivity contribution is 5.27. The molecule has 0 saturated heterocycles. The number of aromatic nitrogens is 3. The van der Waals surface area contributed by atoms with Crippen molar-refractivity contribution in [3.8, 4) is 0 Å². The zero-order valence-electron chi connectivity index (χ0n) is 12.9. The molecule has 2 aromatic rings. The van der Waals surface area contributed by atoms with Gasteiger partial charge in [0.15, 0.2) is 0 Å². The van der Waals surface area contributed by atoms with Crippen molar-refractivity contribution in [1.82, 2.24) is 20.3 Å². The number of pyridine rings is 1. The van der Waals surface area contributed by atoms with Gasteiger partial charge >= 0.3 is 0 Å². The van der Waals surface area contributed by atoms with Crippen LogP contribution >= 0.6 is 0 Å². The molecule has 0 saturated carbocycles. The largest absolute Gasteiger partial charge is 0.313 e. The van der Waals surface area contributed by atoms with Gasteiger partial charge in [-0.3, -0.25) is 4.98 Å². The van der Waals surface area contributed by atoms with E-state index >= 15 is 0 Å². The molecule has 1 aliphatic carbocycles. The summed E-state index contributed by atoms with van der Waals surface area (Å²) in [4.78, 5) is 13.7. The number of hydrogen-bond acceptors (Lipinski definition) is 4. The highest BCUT2D eigenvalue weighted by atomic mass is 14.9. The molecule has 1 N–H and O–H groups in total. The first kappa shape index (κ1) is 14.1. The summed E-state index contributed by atoms with van der Waals surface area (Å²) >= 11 is 0. The van der Waals surface area contributed by atoms with Crippen molar-refractivity contribution in [3.63, 3.8) is 0 Å². The van der Waals surface area contributed by atoms with Crippen LogP contribution in [-0.4, -0.2) is 22.0 Å². The van der Waals surface area contributed by atoms with E-state index in [1.165, 1.54) is 11.3 Å². The van der Waals surface area contributed by atoms with Crippen molar-refractivity contribution < 1.29 is 0 Å². The standard InChI is InChI=1S/C17H22N4/c1-17(2)9-14(18-3)13-11-20-16(21-15(13)10-17)8-12-6-4-5-7-19-12/h4-7,11,14,18H,8-10H2,1-3H3. The van der Waals surface area contributed by atoms with E-state index in [9.17, 15) is 0 Å². The maximum absolute atomic E-state index is 4.81. The SMILES string of the molecule is CNC1CC(C)(C)Cc2nc(Cc3ccccn3)ncc21. The molecule has 1 aliphatic rings. The third kappa shape index (κ3) is 3.10. The molecule has 4 nitrogen and oxygen atoms in total. The highest BCUT2D eigenvalue weighted by Crippen LogP contribution is 2.39. The molecule has 2 aromatic heterocycles. The molecular formula is C17H22N4. The first-order valence-corrected chi connectivity index (χ1v) is 7.49. The topological polar surface area (TPSA) is 50.7 Å². The van der Waals surface area contributed by atoms with Crippen molar-refractivity contribution in [1.29, 1.82) is 0 Å². The van der Waals surface area contributed by atoms with E-state index < -0.39 is 0 Å². The van der Waals surface area contributed by atoms with E-state index in [0.717, 1.165) is 24.4 Å². The van der Waals surface area contributed by atoms with Crippen LogP contribution in [0.25, 0.3) is 0 Å². The Kier molecular flexibility index (Phi) is 3.72. The average molecular weight is 282 g/mol. The monoisotopic (exact) mass is 282 g/mol. The maximum Gasteiger partial charge on any atom is 0.134 e. The Bertz CT molecular complexity index is 622. The molecule has 110 valence electrons. The summed E-state index contributed by atoms with van der Waals surface area (Å²) in [5.41, 5.74) is 3.72. The van der Waals surface area contributed by atoms with Crippen LogP contribution in [0.5, 0.6) is 0 Å². The normalized spacial score (nSPS) is 20.0. The molecule has 3 rings (SSSR count). The second-order valence-corrected chi connectivity index (χ2v) is 6.57. The van der Waals surface area contributed by atoms with Crippen molar-refractivity contribution in [2.45, 2.75) is 39.2 Å². The Morgan fingerprint density at radius 2 is 2.14 bits per heavy atom. The van der Waals surface area contributed by atoms with Crippen molar-refractivity contribution in [2.24, 2.45) is 5.41 Å². The first-order chi connectivity index (χ1) is 10.1. The Balaban J connectivity index is 1.90. The van der Waals surface area contributed by atoms with Crippen molar-refractivity contribution >= 4 is 0 Å². The fraction of sp³-hybridized carbons (Fsp3) is 0.471. The molecule has 1 atom stereocenters. The van der Waals surface area contributed by atoms with Gasteiger partial charge in [-0.1, -0.05) is 19.9 Å². The number of nitrogens with one attached hydrogen (secondary N) is 1. The van der Waals surface area contributed by atoms with Gasteiger partial charge in [0, 0.05) is 35.4 Å². The summed E-state index contributed by atoms with van der Waals surface area (Å²) < 4.78 is 0. The second-order valence-electron chi connectivity index (χ2n) is 6.57. The summed E-state index contributed by atoms with van der Waals surface area (Å²) in [7, 11) is 2.01. The van der Waals surface area contributed by atoms with E-state index in [0.29, 0.717) is 12.5 Å². The first-order valence-electron chi connectivity index (χ1n) is 7.49. The van der Waals surface area contributed by atoms with Crippen LogP contribution in [0.15, 0.2) is 30.6 Å². The Hall–Kier alpha value is -1.81. The molecule has 2 heterocycles. The van der Waals surface area contributed by atoms with Gasteiger partial charge in [0.05, 0.1) is 6.42 Å². The highest BCUT2D eigenvalue weighted by Gasteiger charge is 2.32. The van der Waals surface area contributed by atoms with Crippen LogP contribution in [-0.2, 0) is 12.8 Å². The van der Waals surface area contributed by atoms with Gasteiger partial charge in [0.2, 0.25) is 0 Å². The Morgan fingerprint density at radius 3 is 2.86 bits per heavy atom. The zero-order chi connectivity index (χ0) is 14.9. The van der Waals surface area contributed by atoms with E-state index in [1.54, 1.807) is 0 Å². The maximum atomic E-state index is 4.81. The minimum Gasteiger partial charge on any atom is -0.313 e. The molecule has 0 radical (unpaired) electrons. The Labute approximate surface area is 126 Å². The molecule has 0 bridgehead atoms. The van der Waals surface area contributed by atoms with Crippen LogP contribution in [0.1, 0.15) is 49.1 Å². The summed E-state index contributed by atoms with van der Waals surface area (Å²) in [6, 6.07) is 6.30.